The highest BCUT2D eigenvalue weighted by Gasteiger charge is 1.84. The van der Waals surface area contributed by atoms with E-state index in [0.29, 0.717) is 0 Å². The maximum absolute atomic E-state index is 3.41. The second-order valence-electron chi connectivity index (χ2n) is 3.89. The molecule has 0 bridgehead atoms. The largest absolute Gasteiger partial charge is 0.316 e. The van der Waals surface area contributed by atoms with Crippen molar-refractivity contribution in [2.24, 2.45) is 0 Å². The van der Waals surface area contributed by atoms with Gasteiger partial charge in [0, 0.05) is 0 Å². The molecule has 0 aromatic rings. The van der Waals surface area contributed by atoms with Gasteiger partial charge in [-0.3, -0.25) is 0 Å². The Labute approximate surface area is 82.9 Å². The summed E-state index contributed by atoms with van der Waals surface area (Å²) >= 11 is 0. The van der Waals surface area contributed by atoms with E-state index in [1.807, 2.05) is 0 Å². The lowest BCUT2D eigenvalue weighted by atomic mass is 10.2. The zero-order chi connectivity index (χ0) is 10.1. The van der Waals surface area contributed by atoms with Crippen LogP contribution in [0.1, 0.15) is 40.5 Å². The summed E-state index contributed by atoms with van der Waals surface area (Å²) in [6.07, 6.45) is 6.84. The predicted octanol–water partition coefficient (Wildman–Crippen LogP) is 3.29. The highest BCUT2D eigenvalue weighted by Crippen LogP contribution is 1.92. The van der Waals surface area contributed by atoms with E-state index in [0.717, 1.165) is 25.9 Å². The molecule has 0 saturated heterocycles. The lowest BCUT2D eigenvalue weighted by Crippen LogP contribution is -2.15. The van der Waals surface area contributed by atoms with Crippen LogP contribution in [0.15, 0.2) is 23.3 Å². The van der Waals surface area contributed by atoms with E-state index in [1.165, 1.54) is 11.1 Å². The lowest BCUT2D eigenvalue weighted by molar-refractivity contribution is 0.695. The van der Waals surface area contributed by atoms with E-state index in [2.05, 4.69) is 45.2 Å². The van der Waals surface area contributed by atoms with Crippen LogP contribution >= 0.6 is 0 Å². The van der Waals surface area contributed by atoms with Crippen LogP contribution in [0.3, 0.4) is 0 Å². The SMILES string of the molecule is CC(C)=CCCNCCC=C(C)C. The van der Waals surface area contributed by atoms with Crippen molar-refractivity contribution in [2.75, 3.05) is 13.1 Å². The molecule has 0 aromatic carbocycles. The fraction of sp³-hybridized carbons (Fsp3) is 0.667. The van der Waals surface area contributed by atoms with Gasteiger partial charge in [-0.25, -0.2) is 0 Å². The first-order valence-corrected chi connectivity index (χ1v) is 5.10. The topological polar surface area (TPSA) is 12.0 Å². The molecule has 0 aliphatic rings. The van der Waals surface area contributed by atoms with E-state index in [-0.39, 0.29) is 0 Å². The van der Waals surface area contributed by atoms with Crippen LogP contribution < -0.4 is 5.32 Å². The van der Waals surface area contributed by atoms with Crippen molar-refractivity contribution in [1.29, 1.82) is 0 Å². The molecule has 1 heteroatoms. The standard InChI is InChI=1S/C12H23N/c1-11(2)7-5-9-13-10-6-8-12(3)4/h7-8,13H,5-6,9-10H2,1-4H3. The van der Waals surface area contributed by atoms with E-state index in [4.69, 9.17) is 0 Å². The van der Waals surface area contributed by atoms with Gasteiger partial charge in [-0.15, -0.1) is 0 Å². The highest BCUT2D eigenvalue weighted by molar-refractivity contribution is 4.94. The van der Waals surface area contributed by atoms with Crippen LogP contribution in [-0.2, 0) is 0 Å². The second-order valence-corrected chi connectivity index (χ2v) is 3.89. The molecule has 0 radical (unpaired) electrons. The van der Waals surface area contributed by atoms with Gasteiger partial charge in [0.1, 0.15) is 0 Å². The van der Waals surface area contributed by atoms with Crippen LogP contribution in [0.25, 0.3) is 0 Å². The van der Waals surface area contributed by atoms with Crippen molar-refractivity contribution in [3.63, 3.8) is 0 Å². The molecule has 0 unspecified atom stereocenters. The minimum atomic E-state index is 1.10. The Kier molecular flexibility index (Phi) is 7.71. The van der Waals surface area contributed by atoms with Crippen LogP contribution in [-0.4, -0.2) is 13.1 Å². The molecule has 76 valence electrons. The molecule has 0 amide bonds. The predicted molar refractivity (Wildman–Crippen MR) is 61.0 cm³/mol. The zero-order valence-corrected chi connectivity index (χ0v) is 9.48. The summed E-state index contributed by atoms with van der Waals surface area (Å²) in [5.41, 5.74) is 2.82. The number of allylic oxidation sites excluding steroid dienone is 2. The minimum Gasteiger partial charge on any atom is -0.316 e. The molecule has 13 heavy (non-hydrogen) atoms. The Hall–Kier alpha value is -0.560. The van der Waals surface area contributed by atoms with E-state index < -0.39 is 0 Å². The molecule has 0 fully saturated rings. The van der Waals surface area contributed by atoms with Gasteiger partial charge in [-0.2, -0.15) is 0 Å². The van der Waals surface area contributed by atoms with Gasteiger partial charge in [0.2, 0.25) is 0 Å². The summed E-state index contributed by atoms with van der Waals surface area (Å²) in [6.45, 7) is 10.8. The Morgan fingerprint density at radius 2 is 1.23 bits per heavy atom. The second kappa shape index (κ2) is 8.06. The maximum Gasteiger partial charge on any atom is -0.00141 e. The van der Waals surface area contributed by atoms with E-state index in [9.17, 15) is 0 Å². The number of nitrogens with one attached hydrogen (secondary N) is 1. The third-order valence-electron chi connectivity index (χ3n) is 1.75. The minimum absolute atomic E-state index is 1.10. The fourth-order valence-corrected chi connectivity index (χ4v) is 1.05. The first-order valence-electron chi connectivity index (χ1n) is 5.10. The molecule has 1 N–H and O–H groups in total. The first-order chi connectivity index (χ1) is 6.13. The molecule has 0 aliphatic heterocycles. The average molecular weight is 181 g/mol. The summed E-state index contributed by atoms with van der Waals surface area (Å²) in [6, 6.07) is 0. The van der Waals surface area contributed by atoms with E-state index >= 15 is 0 Å². The van der Waals surface area contributed by atoms with Crippen LogP contribution in [0.4, 0.5) is 0 Å². The van der Waals surface area contributed by atoms with Crippen LogP contribution in [0.2, 0.25) is 0 Å². The van der Waals surface area contributed by atoms with E-state index in [1.54, 1.807) is 0 Å². The summed E-state index contributed by atoms with van der Waals surface area (Å²) in [4.78, 5) is 0. The normalized spacial score (nSPS) is 9.54. The monoisotopic (exact) mass is 181 g/mol. The molecule has 0 rings (SSSR count). The maximum atomic E-state index is 3.41. The Morgan fingerprint density at radius 3 is 1.54 bits per heavy atom. The van der Waals surface area contributed by atoms with Gasteiger partial charge < -0.3 is 5.32 Å². The number of hydrogen-bond donors (Lipinski definition) is 1. The van der Waals surface area contributed by atoms with Gasteiger partial charge in [0.05, 0.1) is 0 Å². The summed E-state index contributed by atoms with van der Waals surface area (Å²) in [5.74, 6) is 0. The first kappa shape index (κ1) is 12.4. The Morgan fingerprint density at radius 1 is 0.846 bits per heavy atom. The third-order valence-corrected chi connectivity index (χ3v) is 1.75. The molecule has 0 saturated carbocycles. The smallest absolute Gasteiger partial charge is 0.00141 e. The average Bonchev–Trinajstić information content (AvgIpc) is 2.01. The zero-order valence-electron chi connectivity index (χ0n) is 9.48. The quantitative estimate of drug-likeness (QED) is 0.490. The van der Waals surface area contributed by atoms with Gasteiger partial charge in [0.25, 0.3) is 0 Å². The summed E-state index contributed by atoms with van der Waals surface area (Å²) < 4.78 is 0. The molecule has 0 heterocycles. The molecule has 0 atom stereocenters. The molecular weight excluding hydrogens is 158 g/mol. The van der Waals surface area contributed by atoms with Crippen LogP contribution in [0.5, 0.6) is 0 Å². The van der Waals surface area contributed by atoms with Crippen molar-refractivity contribution < 1.29 is 0 Å². The van der Waals surface area contributed by atoms with Crippen molar-refractivity contribution in [2.45, 2.75) is 40.5 Å². The molecule has 1 nitrogen and oxygen atoms in total. The lowest BCUT2D eigenvalue weighted by Gasteiger charge is -2.00. The van der Waals surface area contributed by atoms with Gasteiger partial charge in [-0.05, 0) is 53.6 Å². The van der Waals surface area contributed by atoms with Crippen LogP contribution in [0, 0.1) is 0 Å². The third kappa shape index (κ3) is 11.4. The molecule has 0 spiro atoms. The highest BCUT2D eigenvalue weighted by atomic mass is 14.8. The van der Waals surface area contributed by atoms with Crippen molar-refractivity contribution >= 4 is 0 Å². The Bertz CT molecular complexity index is 150. The molecule has 0 aliphatic carbocycles. The number of rotatable bonds is 6. The summed E-state index contributed by atoms with van der Waals surface area (Å²) in [7, 11) is 0. The van der Waals surface area contributed by atoms with Crippen molar-refractivity contribution in [3.8, 4) is 0 Å². The number of hydrogen-bond acceptors (Lipinski definition) is 1. The Balaban J connectivity index is 3.18. The van der Waals surface area contributed by atoms with Gasteiger partial charge in [0.15, 0.2) is 0 Å². The van der Waals surface area contributed by atoms with Crippen molar-refractivity contribution in [1.82, 2.24) is 5.32 Å². The van der Waals surface area contributed by atoms with Crippen molar-refractivity contribution in [3.05, 3.63) is 23.3 Å². The molecule has 0 aromatic heterocycles. The fourth-order valence-electron chi connectivity index (χ4n) is 1.05. The molecular formula is C12H23N. The van der Waals surface area contributed by atoms with Gasteiger partial charge >= 0.3 is 0 Å². The van der Waals surface area contributed by atoms with Gasteiger partial charge in [-0.1, -0.05) is 23.3 Å². The summed E-state index contributed by atoms with van der Waals surface area (Å²) in [5, 5.41) is 3.41.